The molecule has 9 heteroatoms. The summed E-state index contributed by atoms with van der Waals surface area (Å²) in [5.41, 5.74) is 1.35. The number of ether oxygens (including phenoxy) is 1. The summed E-state index contributed by atoms with van der Waals surface area (Å²) in [6.45, 7) is 1.95. The number of carbonyl (C=O) groups is 1. The molecule has 0 saturated carbocycles. The molecule has 24 heavy (non-hydrogen) atoms. The van der Waals surface area contributed by atoms with Crippen molar-refractivity contribution in [2.75, 3.05) is 12.4 Å². The second-order valence-corrected chi connectivity index (χ2v) is 5.66. The highest BCUT2D eigenvalue weighted by Crippen LogP contribution is 2.30. The Morgan fingerprint density at radius 1 is 1.46 bits per heavy atom. The van der Waals surface area contributed by atoms with Crippen LogP contribution in [0, 0.1) is 6.92 Å². The van der Waals surface area contributed by atoms with Gasteiger partial charge in [-0.15, -0.1) is 0 Å². The van der Waals surface area contributed by atoms with E-state index in [0.717, 1.165) is 11.8 Å². The molecule has 1 aromatic carbocycles. The predicted octanol–water partition coefficient (Wildman–Crippen LogP) is 3.19. The summed E-state index contributed by atoms with van der Waals surface area (Å²) < 4.78 is 7.30. The SMILES string of the molecule is CON=CC(=O)Nc1c(OCc2cc(Cl)ccc2Cl)c(C)nn1C. The third-order valence-corrected chi connectivity index (χ3v) is 3.67. The standard InChI is InChI=1S/C15H16Cl2N4O3/c1-9-14(24-8-10-6-11(16)4-5-12(10)17)15(21(2)20-9)19-13(22)7-18-23-3/h4-7H,8H2,1-3H3,(H,19,22). The number of amides is 1. The van der Waals surface area contributed by atoms with Crippen molar-refractivity contribution < 1.29 is 14.4 Å². The van der Waals surface area contributed by atoms with Crippen LogP contribution in [0.15, 0.2) is 23.4 Å². The molecule has 0 aliphatic heterocycles. The van der Waals surface area contributed by atoms with Crippen molar-refractivity contribution >= 4 is 41.1 Å². The Morgan fingerprint density at radius 3 is 2.92 bits per heavy atom. The number of halogens is 2. The molecule has 7 nitrogen and oxygen atoms in total. The molecule has 0 radical (unpaired) electrons. The van der Waals surface area contributed by atoms with Gasteiger partial charge in [0.15, 0.2) is 11.6 Å². The van der Waals surface area contributed by atoms with Crippen LogP contribution in [0.5, 0.6) is 5.75 Å². The first-order valence-corrected chi connectivity index (χ1v) is 7.65. The fraction of sp³-hybridized carbons (Fsp3) is 0.267. The van der Waals surface area contributed by atoms with Gasteiger partial charge in [0.1, 0.15) is 25.6 Å². The van der Waals surface area contributed by atoms with Gasteiger partial charge in [0, 0.05) is 22.7 Å². The van der Waals surface area contributed by atoms with Crippen molar-refractivity contribution in [1.82, 2.24) is 9.78 Å². The van der Waals surface area contributed by atoms with E-state index in [9.17, 15) is 4.79 Å². The molecule has 0 aliphatic carbocycles. The quantitative estimate of drug-likeness (QED) is 0.625. The number of hydrogen-bond donors (Lipinski definition) is 1. The molecule has 2 rings (SSSR count). The van der Waals surface area contributed by atoms with Gasteiger partial charge in [-0.3, -0.25) is 4.79 Å². The number of hydrogen-bond acceptors (Lipinski definition) is 5. The average Bonchev–Trinajstić information content (AvgIpc) is 2.80. The van der Waals surface area contributed by atoms with Crippen LogP contribution in [0.3, 0.4) is 0 Å². The van der Waals surface area contributed by atoms with Crippen LogP contribution in [0.25, 0.3) is 0 Å². The van der Waals surface area contributed by atoms with Gasteiger partial charge in [0.25, 0.3) is 5.91 Å². The van der Waals surface area contributed by atoms with Gasteiger partial charge >= 0.3 is 0 Å². The summed E-state index contributed by atoms with van der Waals surface area (Å²) >= 11 is 12.1. The molecule has 1 heterocycles. The van der Waals surface area contributed by atoms with E-state index >= 15 is 0 Å². The highest BCUT2D eigenvalue weighted by Gasteiger charge is 2.17. The summed E-state index contributed by atoms with van der Waals surface area (Å²) in [4.78, 5) is 16.3. The Labute approximate surface area is 149 Å². The Hall–Kier alpha value is -2.25. The lowest BCUT2D eigenvalue weighted by Crippen LogP contribution is -2.16. The molecule has 0 unspecified atom stereocenters. The first kappa shape index (κ1) is 18.1. The number of aryl methyl sites for hydroxylation is 2. The predicted molar refractivity (Wildman–Crippen MR) is 92.9 cm³/mol. The van der Waals surface area contributed by atoms with Crippen molar-refractivity contribution in [1.29, 1.82) is 0 Å². The van der Waals surface area contributed by atoms with Gasteiger partial charge in [0.2, 0.25) is 0 Å². The topological polar surface area (TPSA) is 77.7 Å². The minimum atomic E-state index is -0.467. The van der Waals surface area contributed by atoms with E-state index in [1.54, 1.807) is 32.2 Å². The molecule has 2 aromatic rings. The van der Waals surface area contributed by atoms with Gasteiger partial charge in [0.05, 0.1) is 0 Å². The van der Waals surface area contributed by atoms with Gasteiger partial charge in [-0.25, -0.2) is 4.68 Å². The Kier molecular flexibility index (Phi) is 6.05. The van der Waals surface area contributed by atoms with Crippen molar-refractivity contribution in [2.24, 2.45) is 12.2 Å². The number of carbonyl (C=O) groups excluding carboxylic acids is 1. The van der Waals surface area contributed by atoms with Gasteiger partial charge in [-0.2, -0.15) is 5.10 Å². The highest BCUT2D eigenvalue weighted by atomic mass is 35.5. The molecule has 1 aromatic heterocycles. The molecule has 128 valence electrons. The number of benzene rings is 1. The van der Waals surface area contributed by atoms with Gasteiger partial charge < -0.3 is 14.9 Å². The molecule has 0 spiro atoms. The maximum absolute atomic E-state index is 11.8. The smallest absolute Gasteiger partial charge is 0.271 e. The zero-order chi connectivity index (χ0) is 17.7. The second-order valence-electron chi connectivity index (χ2n) is 4.82. The van der Waals surface area contributed by atoms with E-state index in [4.69, 9.17) is 27.9 Å². The summed E-state index contributed by atoms with van der Waals surface area (Å²) in [6, 6.07) is 5.12. The van der Waals surface area contributed by atoms with Crippen molar-refractivity contribution in [3.63, 3.8) is 0 Å². The maximum atomic E-state index is 11.8. The van der Waals surface area contributed by atoms with Crippen LogP contribution in [-0.2, 0) is 23.3 Å². The van der Waals surface area contributed by atoms with Crippen molar-refractivity contribution in [2.45, 2.75) is 13.5 Å². The third-order valence-electron chi connectivity index (χ3n) is 3.06. The van der Waals surface area contributed by atoms with Crippen LogP contribution in [0.2, 0.25) is 10.0 Å². The second kappa shape index (κ2) is 8.03. The van der Waals surface area contributed by atoms with E-state index in [-0.39, 0.29) is 6.61 Å². The fourth-order valence-electron chi connectivity index (χ4n) is 2.00. The fourth-order valence-corrected chi connectivity index (χ4v) is 2.37. The highest BCUT2D eigenvalue weighted by molar-refractivity contribution is 6.33. The van der Waals surface area contributed by atoms with E-state index in [0.29, 0.717) is 27.3 Å². The van der Waals surface area contributed by atoms with Gasteiger partial charge in [-0.1, -0.05) is 28.4 Å². The lowest BCUT2D eigenvalue weighted by atomic mass is 10.2. The average molecular weight is 371 g/mol. The zero-order valence-corrected chi connectivity index (χ0v) is 14.9. The third kappa shape index (κ3) is 4.39. The van der Waals surface area contributed by atoms with E-state index in [1.165, 1.54) is 11.8 Å². The lowest BCUT2D eigenvalue weighted by Gasteiger charge is -2.10. The van der Waals surface area contributed by atoms with Crippen LogP contribution in [0.4, 0.5) is 5.82 Å². The van der Waals surface area contributed by atoms with Crippen LogP contribution in [-0.4, -0.2) is 29.0 Å². The molecular weight excluding hydrogens is 355 g/mol. The Morgan fingerprint density at radius 2 is 2.21 bits per heavy atom. The van der Waals surface area contributed by atoms with Crippen LogP contribution >= 0.6 is 23.2 Å². The van der Waals surface area contributed by atoms with E-state index in [1.807, 2.05) is 0 Å². The number of nitrogens with zero attached hydrogens (tertiary/aromatic N) is 3. The Balaban J connectivity index is 2.19. The summed E-state index contributed by atoms with van der Waals surface area (Å²) in [5, 5.41) is 11.4. The normalized spacial score (nSPS) is 10.9. The number of nitrogens with one attached hydrogen (secondary N) is 1. The number of aromatic nitrogens is 2. The monoisotopic (exact) mass is 370 g/mol. The summed E-state index contributed by atoms with van der Waals surface area (Å²) in [7, 11) is 3.04. The van der Waals surface area contributed by atoms with Gasteiger partial charge in [-0.05, 0) is 25.1 Å². The van der Waals surface area contributed by atoms with Crippen LogP contribution in [0.1, 0.15) is 11.3 Å². The lowest BCUT2D eigenvalue weighted by molar-refractivity contribution is -0.110. The van der Waals surface area contributed by atoms with E-state index < -0.39 is 5.91 Å². The molecular formula is C15H16Cl2N4O3. The molecule has 0 saturated heterocycles. The maximum Gasteiger partial charge on any atom is 0.271 e. The Bertz CT molecular complexity index is 774. The van der Waals surface area contributed by atoms with Crippen molar-refractivity contribution in [3.05, 3.63) is 39.5 Å². The zero-order valence-electron chi connectivity index (χ0n) is 13.3. The molecule has 1 N–H and O–H groups in total. The molecule has 1 amide bonds. The minimum Gasteiger partial charge on any atom is -0.483 e. The number of anilines is 1. The number of rotatable bonds is 6. The largest absolute Gasteiger partial charge is 0.483 e. The first-order chi connectivity index (χ1) is 11.4. The minimum absolute atomic E-state index is 0.182. The molecule has 0 aliphatic rings. The van der Waals surface area contributed by atoms with Crippen molar-refractivity contribution in [3.8, 4) is 5.75 Å². The van der Waals surface area contributed by atoms with Crippen LogP contribution < -0.4 is 10.1 Å². The molecule has 0 bridgehead atoms. The summed E-state index contributed by atoms with van der Waals surface area (Å²) in [5.74, 6) is 0.372. The van der Waals surface area contributed by atoms with E-state index in [2.05, 4.69) is 20.4 Å². The summed E-state index contributed by atoms with van der Waals surface area (Å²) in [6.07, 6.45) is 1.01. The molecule has 0 atom stereocenters. The molecule has 0 fully saturated rings. The number of oxime groups is 1. The first-order valence-electron chi connectivity index (χ1n) is 6.90.